The summed E-state index contributed by atoms with van der Waals surface area (Å²) in [5.74, 6) is -0.259. The zero-order valence-electron chi connectivity index (χ0n) is 14.0. The molecule has 1 aliphatic rings. The molecule has 9 heteroatoms. The smallest absolute Gasteiger partial charge is 1.00 e. The summed E-state index contributed by atoms with van der Waals surface area (Å²) in [6.07, 6.45) is -2.75. The summed E-state index contributed by atoms with van der Waals surface area (Å²) in [5.41, 5.74) is -0.747. The number of carboxylic acid groups (broad SMARTS) is 1. The van der Waals surface area contributed by atoms with E-state index in [4.69, 9.17) is 5.11 Å². The Balaban J connectivity index is 0.00000264. The Morgan fingerprint density at radius 3 is 2.39 bits per heavy atom. The minimum absolute atomic E-state index is 0. The zero-order valence-corrected chi connectivity index (χ0v) is 13.0. The van der Waals surface area contributed by atoms with Crippen LogP contribution in [0, 0.1) is 0 Å². The molecule has 0 radical (unpaired) electrons. The molecular weight excluding hydrogens is 306 g/mol. The number of rotatable bonds is 5. The Kier molecular flexibility index (Phi) is 7.38. The van der Waals surface area contributed by atoms with Gasteiger partial charge < -0.3 is 11.4 Å². The number of carbonyl (C=O) groups is 1. The molecule has 0 amide bonds. The van der Waals surface area contributed by atoms with Gasteiger partial charge in [-0.15, -0.1) is 0 Å². The third-order valence-corrected chi connectivity index (χ3v) is 3.64. The first kappa shape index (κ1) is 19.8. The predicted octanol–water partition coefficient (Wildman–Crippen LogP) is -0.796. The van der Waals surface area contributed by atoms with Crippen molar-refractivity contribution in [3.8, 4) is 0 Å². The Bertz CT molecular complexity index is 509. The summed E-state index contributed by atoms with van der Waals surface area (Å²) in [7, 11) is 0. The van der Waals surface area contributed by atoms with E-state index < -0.39 is 17.7 Å². The van der Waals surface area contributed by atoms with Crippen LogP contribution in [0.25, 0.3) is 0 Å². The molecule has 0 unspecified atom stereocenters. The first-order valence-electron chi connectivity index (χ1n) is 7.08. The third-order valence-electron chi connectivity index (χ3n) is 3.64. The SMILES string of the molecule is O=C(O)CCCN1CCN(c2ccc(C(F)(F)F)cn2)CC1.[H-].[Li+]. The maximum atomic E-state index is 12.5. The molecule has 2 heterocycles. The number of halogens is 3. The van der Waals surface area contributed by atoms with Crippen LogP contribution >= 0.6 is 0 Å². The maximum absolute atomic E-state index is 12.5. The van der Waals surface area contributed by atoms with Crippen LogP contribution in [0.3, 0.4) is 0 Å². The molecule has 1 fully saturated rings. The molecule has 0 aliphatic carbocycles. The van der Waals surface area contributed by atoms with Gasteiger partial charge in [0.2, 0.25) is 0 Å². The minimum Gasteiger partial charge on any atom is -1.00 e. The standard InChI is InChI=1S/C14H18F3N3O2.Li.H/c15-14(16,17)11-3-4-12(18-10-11)20-8-6-19(7-9-20)5-1-2-13(21)22;;/h3-4,10H,1-2,5-9H2,(H,21,22);;/q;+1;-1. The number of hydrogen-bond acceptors (Lipinski definition) is 4. The summed E-state index contributed by atoms with van der Waals surface area (Å²) < 4.78 is 37.5. The Hall–Kier alpha value is -1.23. The molecule has 2 rings (SSSR count). The molecule has 23 heavy (non-hydrogen) atoms. The summed E-state index contributed by atoms with van der Waals surface area (Å²) in [4.78, 5) is 18.4. The predicted molar refractivity (Wildman–Crippen MR) is 75.9 cm³/mol. The van der Waals surface area contributed by atoms with Crippen molar-refractivity contribution in [2.75, 3.05) is 37.6 Å². The average Bonchev–Trinajstić information content (AvgIpc) is 2.47. The van der Waals surface area contributed by atoms with Gasteiger partial charge >= 0.3 is 31.0 Å². The van der Waals surface area contributed by atoms with E-state index in [0.717, 1.165) is 31.9 Å². The summed E-state index contributed by atoms with van der Waals surface area (Å²) in [6.45, 7) is 3.57. The monoisotopic (exact) mass is 325 g/mol. The van der Waals surface area contributed by atoms with Gasteiger partial charge in [-0.05, 0) is 25.1 Å². The van der Waals surface area contributed by atoms with Gasteiger partial charge in [0.05, 0.1) is 5.56 Å². The van der Waals surface area contributed by atoms with Crippen molar-refractivity contribution in [3.63, 3.8) is 0 Å². The molecule has 0 spiro atoms. The number of aromatic nitrogens is 1. The summed E-state index contributed by atoms with van der Waals surface area (Å²) in [5, 5.41) is 8.60. The van der Waals surface area contributed by atoms with Crippen LogP contribution in [0.4, 0.5) is 19.0 Å². The van der Waals surface area contributed by atoms with Gasteiger partial charge in [0.15, 0.2) is 0 Å². The van der Waals surface area contributed by atoms with Gasteiger partial charge in [-0.3, -0.25) is 9.69 Å². The van der Waals surface area contributed by atoms with Crippen LogP contribution < -0.4 is 23.8 Å². The first-order valence-corrected chi connectivity index (χ1v) is 7.08. The topological polar surface area (TPSA) is 56.7 Å². The van der Waals surface area contributed by atoms with E-state index >= 15 is 0 Å². The average molecular weight is 325 g/mol. The fourth-order valence-corrected chi connectivity index (χ4v) is 2.40. The molecule has 1 saturated heterocycles. The van der Waals surface area contributed by atoms with Gasteiger partial charge in [-0.2, -0.15) is 13.2 Å². The van der Waals surface area contributed by atoms with E-state index in [1.165, 1.54) is 6.07 Å². The van der Waals surface area contributed by atoms with E-state index in [1.54, 1.807) is 0 Å². The van der Waals surface area contributed by atoms with E-state index in [0.29, 0.717) is 25.3 Å². The second-order valence-electron chi connectivity index (χ2n) is 5.23. The third kappa shape index (κ3) is 6.05. The van der Waals surface area contributed by atoms with E-state index in [9.17, 15) is 18.0 Å². The number of hydrogen-bond donors (Lipinski definition) is 1. The largest absolute Gasteiger partial charge is 1.00 e. The fraction of sp³-hybridized carbons (Fsp3) is 0.571. The van der Waals surface area contributed by atoms with Gasteiger partial charge in [0.1, 0.15) is 5.82 Å². The maximum Gasteiger partial charge on any atom is 1.00 e. The van der Waals surface area contributed by atoms with Crippen molar-refractivity contribution >= 4 is 11.8 Å². The van der Waals surface area contributed by atoms with Crippen LogP contribution in [0.2, 0.25) is 0 Å². The van der Waals surface area contributed by atoms with Crippen molar-refractivity contribution in [1.29, 1.82) is 0 Å². The number of alkyl halides is 3. The molecule has 1 aromatic rings. The molecule has 124 valence electrons. The number of anilines is 1. The van der Waals surface area contributed by atoms with Crippen molar-refractivity contribution < 1.29 is 43.4 Å². The van der Waals surface area contributed by atoms with Gasteiger partial charge in [-0.1, -0.05) is 0 Å². The molecular formula is C14H19F3LiN3O2. The van der Waals surface area contributed by atoms with Gasteiger partial charge in [0, 0.05) is 38.8 Å². The molecule has 0 aromatic carbocycles. The van der Waals surface area contributed by atoms with E-state index in [1.807, 2.05) is 4.90 Å². The number of aliphatic carboxylic acids is 1. The quantitative estimate of drug-likeness (QED) is 0.719. The van der Waals surface area contributed by atoms with Crippen LogP contribution in [0.15, 0.2) is 18.3 Å². The zero-order chi connectivity index (χ0) is 16.2. The van der Waals surface area contributed by atoms with Crippen molar-refractivity contribution in [2.24, 2.45) is 0 Å². The van der Waals surface area contributed by atoms with Crippen LogP contribution in [-0.4, -0.2) is 53.7 Å². The number of pyridine rings is 1. The van der Waals surface area contributed by atoms with E-state index in [2.05, 4.69) is 9.88 Å². The van der Waals surface area contributed by atoms with Gasteiger partial charge in [-0.25, -0.2) is 4.98 Å². The molecule has 0 bridgehead atoms. The number of piperazine rings is 1. The molecule has 5 nitrogen and oxygen atoms in total. The molecule has 1 aromatic heterocycles. The minimum atomic E-state index is -4.37. The van der Waals surface area contributed by atoms with Crippen LogP contribution in [0.1, 0.15) is 19.8 Å². The fourth-order valence-electron chi connectivity index (χ4n) is 2.40. The first-order chi connectivity index (χ1) is 10.4. The van der Waals surface area contributed by atoms with Crippen molar-refractivity contribution in [1.82, 2.24) is 9.88 Å². The Morgan fingerprint density at radius 2 is 1.91 bits per heavy atom. The molecule has 1 N–H and O–H groups in total. The number of nitrogens with zero attached hydrogens (tertiary/aromatic N) is 3. The van der Waals surface area contributed by atoms with Gasteiger partial charge in [0.25, 0.3) is 0 Å². The van der Waals surface area contributed by atoms with E-state index in [-0.39, 0.29) is 26.7 Å². The van der Waals surface area contributed by atoms with Crippen LogP contribution in [-0.2, 0) is 11.0 Å². The van der Waals surface area contributed by atoms with Crippen LogP contribution in [0.5, 0.6) is 0 Å². The number of carboxylic acids is 1. The summed E-state index contributed by atoms with van der Waals surface area (Å²) in [6, 6.07) is 2.43. The molecule has 0 saturated carbocycles. The molecule has 0 atom stereocenters. The second kappa shape index (κ2) is 8.57. The summed E-state index contributed by atoms with van der Waals surface area (Å²) >= 11 is 0. The van der Waals surface area contributed by atoms with Crippen molar-refractivity contribution in [2.45, 2.75) is 19.0 Å². The molecule has 1 aliphatic heterocycles. The normalized spacial score (nSPS) is 16.0. The van der Waals surface area contributed by atoms with Crippen molar-refractivity contribution in [3.05, 3.63) is 23.9 Å². The Labute approximate surface area is 146 Å². The Morgan fingerprint density at radius 1 is 1.26 bits per heavy atom. The second-order valence-corrected chi connectivity index (χ2v) is 5.23.